The van der Waals surface area contributed by atoms with Crippen LogP contribution in [0.4, 0.5) is 0 Å². The minimum absolute atomic E-state index is 0.0516. The summed E-state index contributed by atoms with van der Waals surface area (Å²) >= 11 is 0. The van der Waals surface area contributed by atoms with Crippen molar-refractivity contribution in [2.24, 2.45) is 5.92 Å². The summed E-state index contributed by atoms with van der Waals surface area (Å²) < 4.78 is 0. The van der Waals surface area contributed by atoms with Gasteiger partial charge in [-0.1, -0.05) is 13.8 Å². The summed E-state index contributed by atoms with van der Waals surface area (Å²) in [6, 6.07) is 0.576. The smallest absolute Gasteiger partial charge is 0.332 e. The average Bonchev–Trinajstić information content (AvgIpc) is 2.30. The Labute approximate surface area is 97.3 Å². The summed E-state index contributed by atoms with van der Waals surface area (Å²) in [5, 5.41) is 18.2. The fourth-order valence-corrected chi connectivity index (χ4v) is 2.72. The van der Waals surface area contributed by atoms with E-state index in [2.05, 4.69) is 18.7 Å². The zero-order valence-electron chi connectivity index (χ0n) is 10.2. The van der Waals surface area contributed by atoms with Crippen molar-refractivity contribution in [3.8, 4) is 0 Å². The summed E-state index contributed by atoms with van der Waals surface area (Å²) in [6.45, 7) is 6.41. The highest BCUT2D eigenvalue weighted by Gasteiger charge is 2.31. The molecule has 1 unspecified atom stereocenters. The third-order valence-electron chi connectivity index (χ3n) is 3.77. The minimum Gasteiger partial charge on any atom is -0.479 e. The number of carboxylic acid groups (broad SMARTS) is 1. The van der Waals surface area contributed by atoms with Crippen molar-refractivity contribution < 1.29 is 15.0 Å². The molecular weight excluding hydrogens is 206 g/mol. The fraction of sp³-hybridized carbons (Fsp3) is 0.917. The summed E-state index contributed by atoms with van der Waals surface area (Å²) in [4.78, 5) is 13.1. The molecule has 4 nitrogen and oxygen atoms in total. The molecule has 0 saturated heterocycles. The Morgan fingerprint density at radius 2 is 1.75 bits per heavy atom. The molecule has 0 aromatic heterocycles. The van der Waals surface area contributed by atoms with Crippen molar-refractivity contribution in [2.45, 2.75) is 51.7 Å². The number of carboxylic acids is 1. The second kappa shape index (κ2) is 6.21. The monoisotopic (exact) mass is 229 g/mol. The molecule has 0 radical (unpaired) electrons. The van der Waals surface area contributed by atoms with E-state index in [0.29, 0.717) is 6.04 Å². The van der Waals surface area contributed by atoms with E-state index < -0.39 is 12.1 Å². The second-order valence-corrected chi connectivity index (χ2v) is 4.57. The van der Waals surface area contributed by atoms with Crippen molar-refractivity contribution >= 4 is 5.97 Å². The second-order valence-electron chi connectivity index (χ2n) is 4.57. The van der Waals surface area contributed by atoms with Gasteiger partial charge in [0, 0.05) is 6.04 Å². The molecule has 0 aromatic carbocycles. The quantitative estimate of drug-likeness (QED) is 0.746. The molecule has 1 atom stereocenters. The number of hydrogen-bond acceptors (Lipinski definition) is 3. The Kier molecular flexibility index (Phi) is 5.22. The van der Waals surface area contributed by atoms with Crippen molar-refractivity contribution in [3.05, 3.63) is 0 Å². The molecule has 4 heteroatoms. The lowest BCUT2D eigenvalue weighted by atomic mass is 9.82. The molecule has 0 aromatic rings. The molecule has 0 aliphatic heterocycles. The molecule has 0 spiro atoms. The zero-order chi connectivity index (χ0) is 12.1. The molecule has 1 rings (SSSR count). The highest BCUT2D eigenvalue weighted by molar-refractivity contribution is 5.72. The lowest BCUT2D eigenvalue weighted by molar-refractivity contribution is -0.150. The number of carbonyl (C=O) groups is 1. The van der Waals surface area contributed by atoms with E-state index in [1.165, 1.54) is 0 Å². The van der Waals surface area contributed by atoms with Crippen LogP contribution in [0, 0.1) is 5.92 Å². The maximum atomic E-state index is 10.7. The van der Waals surface area contributed by atoms with E-state index >= 15 is 0 Å². The van der Waals surface area contributed by atoms with Gasteiger partial charge in [-0.2, -0.15) is 0 Å². The average molecular weight is 229 g/mol. The first-order valence-corrected chi connectivity index (χ1v) is 6.25. The molecule has 1 aliphatic carbocycles. The van der Waals surface area contributed by atoms with Crippen LogP contribution in [0.2, 0.25) is 0 Å². The van der Waals surface area contributed by atoms with Crippen molar-refractivity contribution in [1.29, 1.82) is 0 Å². The number of aliphatic hydroxyl groups excluding tert-OH is 1. The van der Waals surface area contributed by atoms with Gasteiger partial charge >= 0.3 is 5.97 Å². The van der Waals surface area contributed by atoms with Crippen LogP contribution < -0.4 is 0 Å². The first kappa shape index (κ1) is 13.5. The van der Waals surface area contributed by atoms with Crippen LogP contribution >= 0.6 is 0 Å². The number of rotatable bonds is 5. The van der Waals surface area contributed by atoms with Crippen LogP contribution in [-0.4, -0.2) is 46.3 Å². The molecule has 2 N–H and O–H groups in total. The Bertz CT molecular complexity index is 220. The van der Waals surface area contributed by atoms with Gasteiger partial charge in [0.05, 0.1) is 0 Å². The number of nitrogens with zero attached hydrogens (tertiary/aromatic N) is 1. The summed E-state index contributed by atoms with van der Waals surface area (Å²) in [6.07, 6.45) is 2.51. The van der Waals surface area contributed by atoms with Crippen LogP contribution in [0.1, 0.15) is 39.5 Å². The number of aliphatic hydroxyl groups is 1. The predicted octanol–water partition coefficient (Wildman–Crippen LogP) is 1.33. The van der Waals surface area contributed by atoms with Crippen LogP contribution in [0.3, 0.4) is 0 Å². The van der Waals surface area contributed by atoms with E-state index in [1.807, 2.05) is 0 Å². The molecule has 0 bridgehead atoms. The fourth-order valence-electron chi connectivity index (χ4n) is 2.72. The molecule has 1 fully saturated rings. The first-order valence-electron chi connectivity index (χ1n) is 6.25. The molecule has 1 aliphatic rings. The van der Waals surface area contributed by atoms with Crippen molar-refractivity contribution in [1.82, 2.24) is 4.90 Å². The van der Waals surface area contributed by atoms with Crippen LogP contribution in [-0.2, 0) is 4.79 Å². The van der Waals surface area contributed by atoms with Gasteiger partial charge in [-0.3, -0.25) is 0 Å². The maximum Gasteiger partial charge on any atom is 0.332 e. The van der Waals surface area contributed by atoms with Crippen LogP contribution in [0.5, 0.6) is 0 Å². The Morgan fingerprint density at radius 3 is 2.12 bits per heavy atom. The van der Waals surface area contributed by atoms with Gasteiger partial charge in [0.2, 0.25) is 0 Å². The maximum absolute atomic E-state index is 10.7. The molecule has 0 amide bonds. The zero-order valence-corrected chi connectivity index (χ0v) is 10.2. The Hall–Kier alpha value is -0.610. The topological polar surface area (TPSA) is 60.8 Å². The van der Waals surface area contributed by atoms with Gasteiger partial charge in [0.15, 0.2) is 6.10 Å². The van der Waals surface area contributed by atoms with Gasteiger partial charge in [-0.15, -0.1) is 0 Å². The highest BCUT2D eigenvalue weighted by Crippen LogP contribution is 2.29. The van der Waals surface area contributed by atoms with Gasteiger partial charge in [-0.05, 0) is 44.7 Å². The normalized spacial score (nSPS) is 28.0. The van der Waals surface area contributed by atoms with Gasteiger partial charge in [-0.25, -0.2) is 4.79 Å². The summed E-state index contributed by atoms with van der Waals surface area (Å²) in [5.74, 6) is -1.13. The summed E-state index contributed by atoms with van der Waals surface area (Å²) in [7, 11) is 0. The van der Waals surface area contributed by atoms with Crippen LogP contribution in [0.15, 0.2) is 0 Å². The van der Waals surface area contributed by atoms with Gasteiger partial charge in [0.25, 0.3) is 0 Å². The predicted molar refractivity (Wildman–Crippen MR) is 62.3 cm³/mol. The molecule has 0 heterocycles. The lowest BCUT2D eigenvalue weighted by Gasteiger charge is -2.36. The molecular formula is C12H23NO3. The lowest BCUT2D eigenvalue weighted by Crippen LogP contribution is -2.41. The van der Waals surface area contributed by atoms with E-state index in [1.54, 1.807) is 0 Å². The van der Waals surface area contributed by atoms with E-state index in [-0.39, 0.29) is 5.92 Å². The highest BCUT2D eigenvalue weighted by atomic mass is 16.4. The summed E-state index contributed by atoms with van der Waals surface area (Å²) in [5.41, 5.74) is 0. The molecule has 94 valence electrons. The largest absolute Gasteiger partial charge is 0.479 e. The van der Waals surface area contributed by atoms with Crippen LogP contribution in [0.25, 0.3) is 0 Å². The van der Waals surface area contributed by atoms with E-state index in [0.717, 1.165) is 38.8 Å². The third-order valence-corrected chi connectivity index (χ3v) is 3.77. The first-order chi connectivity index (χ1) is 7.60. The Morgan fingerprint density at radius 1 is 1.25 bits per heavy atom. The molecule has 16 heavy (non-hydrogen) atoms. The Balaban J connectivity index is 2.41. The number of aliphatic carboxylic acids is 1. The standard InChI is InChI=1S/C12H23NO3/c1-3-13(4-2)10-7-5-9(6-8-10)11(14)12(15)16/h9-11,14H,3-8H2,1-2H3,(H,15,16). The molecule has 1 saturated carbocycles. The van der Waals surface area contributed by atoms with Crippen molar-refractivity contribution in [3.63, 3.8) is 0 Å². The third kappa shape index (κ3) is 3.19. The van der Waals surface area contributed by atoms with E-state index in [9.17, 15) is 9.90 Å². The van der Waals surface area contributed by atoms with Crippen molar-refractivity contribution in [2.75, 3.05) is 13.1 Å². The number of hydrogen-bond donors (Lipinski definition) is 2. The van der Waals surface area contributed by atoms with Gasteiger partial charge < -0.3 is 15.1 Å². The minimum atomic E-state index is -1.17. The van der Waals surface area contributed by atoms with Gasteiger partial charge in [0.1, 0.15) is 0 Å². The van der Waals surface area contributed by atoms with E-state index in [4.69, 9.17) is 5.11 Å². The SMILES string of the molecule is CCN(CC)C1CCC(C(O)C(=O)O)CC1.